The Hall–Kier alpha value is -11.4. The Balaban J connectivity index is 0. The van der Waals surface area contributed by atoms with E-state index in [-0.39, 0.29) is 89.8 Å². The van der Waals surface area contributed by atoms with Crippen LogP contribution in [0.15, 0.2) is 4.99 Å². The zero-order chi connectivity index (χ0) is 94.0. The lowest BCUT2D eigenvalue weighted by Crippen LogP contribution is -2.63. The summed E-state index contributed by atoms with van der Waals surface area (Å²) in [6.07, 6.45) is -9.95. The second-order valence-corrected chi connectivity index (χ2v) is 28.5. The Morgan fingerprint density at radius 1 is 0.361 bits per heavy atom. The fraction of sp³-hybridized carbons (Fsp3) is 0.700. The number of nitrogens with two attached hydrogens (primary N) is 7. The second kappa shape index (κ2) is 59.3. The van der Waals surface area contributed by atoms with E-state index < -0.39 is 297 Å². The van der Waals surface area contributed by atoms with Crippen LogP contribution in [0.25, 0.3) is 0 Å². The maximum Gasteiger partial charge on any atom is 0.490 e. The molecule has 0 aliphatic rings. The number of rotatable bonds is 61. The fourth-order valence-electron chi connectivity index (χ4n) is 10.8. The number of alkyl halides is 3. The molecule has 0 bridgehead atoms. The number of amides is 15. The molecule has 0 aliphatic heterocycles. The maximum atomic E-state index is 14.6. The molecule has 0 saturated heterocycles. The quantitative estimate of drug-likeness (QED) is 0.0116. The molecule has 122 heavy (non-hydrogen) atoms. The molecule has 0 heterocycles. The van der Waals surface area contributed by atoms with Gasteiger partial charge in [-0.2, -0.15) is 25.8 Å². The van der Waals surface area contributed by atoms with Gasteiger partial charge >= 0.3 is 36.0 Å². The van der Waals surface area contributed by atoms with Gasteiger partial charge < -0.3 is 145 Å². The number of carbonyl (C=O) groups is 20. The van der Waals surface area contributed by atoms with Crippen LogP contribution in [-0.2, 0) is 95.9 Å². The number of nitrogens with one attached hydrogen (secondary N) is 13. The Morgan fingerprint density at radius 2 is 0.648 bits per heavy atom. The summed E-state index contributed by atoms with van der Waals surface area (Å²) in [4.78, 5) is 265. The Morgan fingerprint density at radius 3 is 0.975 bits per heavy atom. The lowest BCUT2D eigenvalue weighted by atomic mass is 9.94. The number of primary amides is 2. The van der Waals surface area contributed by atoms with Gasteiger partial charge in [-0.05, 0) is 101 Å². The van der Waals surface area contributed by atoms with Crippen molar-refractivity contribution in [1.82, 2.24) is 69.1 Å². The van der Waals surface area contributed by atoms with Gasteiger partial charge in [0, 0.05) is 31.6 Å². The molecule has 0 aromatic carbocycles. The van der Waals surface area contributed by atoms with Gasteiger partial charge in [0.2, 0.25) is 88.6 Å². The normalized spacial score (nSPS) is 15.2. The minimum atomic E-state index is -5.08. The van der Waals surface area contributed by atoms with Crippen molar-refractivity contribution in [3.8, 4) is 0 Å². The van der Waals surface area contributed by atoms with E-state index in [1.807, 2.05) is 5.32 Å². The van der Waals surface area contributed by atoms with Gasteiger partial charge in [0.05, 0.1) is 32.1 Å². The third-order valence-electron chi connectivity index (χ3n) is 18.4. The average molecular weight is 1780 g/mol. The number of carboxylic acid groups (broad SMARTS) is 5. The predicted molar refractivity (Wildman–Crippen MR) is 425 cm³/mol. The van der Waals surface area contributed by atoms with E-state index in [1.165, 1.54) is 20.8 Å². The zero-order valence-electron chi connectivity index (χ0n) is 68.4. The van der Waals surface area contributed by atoms with Crippen molar-refractivity contribution in [2.45, 2.75) is 254 Å². The number of aliphatic hydroxyl groups is 2. The molecule has 0 aromatic rings. The predicted octanol–water partition coefficient (Wildman–Crippen LogP) is -8.96. The summed E-state index contributed by atoms with van der Waals surface area (Å²) in [5.41, 5.74) is 38.6. The van der Waals surface area contributed by atoms with E-state index in [0.717, 1.165) is 0 Å². The summed E-state index contributed by atoms with van der Waals surface area (Å²) in [7, 11) is 0. The molecule has 0 aromatic heterocycles. The molecule has 694 valence electrons. The summed E-state index contributed by atoms with van der Waals surface area (Å²) in [6.45, 7) is 7.31. The lowest BCUT2D eigenvalue weighted by molar-refractivity contribution is -0.192. The first-order valence-electron chi connectivity index (χ1n) is 38.7. The van der Waals surface area contributed by atoms with Gasteiger partial charge in [-0.15, -0.1) is 0 Å². The Bertz CT molecular complexity index is 3570. The standard InChI is InChI=1S/C68H119N21O25S.C2HF3O2/c1-7-32(4)51(64(110)81-40(19-22-48(94)95)58(104)80-39(18-21-46(72)92)57(103)77-36(15-10-12-24-69)56(102)82-41(67(113)114)20-23-49(96)97)87-59(105)37(16-11-13-25-70)78-55(101)38(17-14-26-76-68(74)75)79-61(107)44(30-91)85-65(111)52(33(5)8-2)89-66(112)53(34(6)9-3)88-63(109)45(31-115)86-60(106)42(28-50(98)99)83-62(108)43(29-90)84-54(100)35(71)27-47(73)93;3-2(4,5)1(6)7/h32-45,51-53,90-91,115H,7-31,69-71H2,1-6H3,(H2,72,92)(H2,73,93)(H,77,103)(H,78,101)(H,79,107)(H,80,104)(H,81,110)(H,82,102)(H,83,108)(H,84,100)(H,85,111)(H,86,106)(H,87,105)(H,88,109)(H,89,112)(H,94,95)(H,96,97)(H,98,99)(H,113,114)(H4,74,75,76);(H,6,7)/t32-,33-,34-,35-,36-,37-,38-,39-,40-,41-,42?,43-,44-,45-,51-,52-,53-;/m0./s1. The van der Waals surface area contributed by atoms with Crippen molar-refractivity contribution in [2.24, 2.45) is 62.9 Å². The second-order valence-electron chi connectivity index (χ2n) is 28.2. The fourth-order valence-corrected chi connectivity index (χ4v) is 11.0. The summed E-state index contributed by atoms with van der Waals surface area (Å²) in [5.74, 6) is -28.7. The first kappa shape index (κ1) is 113. The molecule has 34 N–H and O–H groups in total. The number of carboxylic acids is 5. The van der Waals surface area contributed by atoms with Crippen LogP contribution in [0, 0.1) is 17.8 Å². The summed E-state index contributed by atoms with van der Waals surface area (Å²) >= 11 is 4.15. The number of aliphatic carboxylic acids is 5. The van der Waals surface area contributed by atoms with Gasteiger partial charge in [-0.25, -0.2) is 9.59 Å². The highest BCUT2D eigenvalue weighted by atomic mass is 32.1. The van der Waals surface area contributed by atoms with Gasteiger partial charge in [0.15, 0.2) is 5.96 Å². The molecule has 1 unspecified atom stereocenters. The average Bonchev–Trinajstić information content (AvgIpc) is 0.821. The van der Waals surface area contributed by atoms with Gasteiger partial charge in [-0.3, -0.25) is 91.3 Å². The van der Waals surface area contributed by atoms with Crippen LogP contribution in [0.5, 0.6) is 0 Å². The molecule has 0 saturated carbocycles. The number of carbonyl (C=O) groups excluding carboxylic acids is 15. The minimum Gasteiger partial charge on any atom is -0.481 e. The molecule has 52 heteroatoms. The smallest absolute Gasteiger partial charge is 0.481 e. The van der Waals surface area contributed by atoms with Crippen molar-refractivity contribution in [3.63, 3.8) is 0 Å². The van der Waals surface area contributed by atoms with Crippen LogP contribution in [0.3, 0.4) is 0 Å². The largest absolute Gasteiger partial charge is 0.490 e. The van der Waals surface area contributed by atoms with Crippen LogP contribution in [0.4, 0.5) is 13.2 Å². The number of guanidine groups is 1. The molecule has 0 spiro atoms. The minimum absolute atomic E-state index is 0.0489. The van der Waals surface area contributed by atoms with E-state index in [4.69, 9.17) is 55.1 Å². The molecule has 0 radical (unpaired) electrons. The van der Waals surface area contributed by atoms with Crippen molar-refractivity contribution in [1.29, 1.82) is 0 Å². The number of thiol groups is 1. The van der Waals surface area contributed by atoms with E-state index in [9.17, 15) is 130 Å². The van der Waals surface area contributed by atoms with E-state index >= 15 is 0 Å². The van der Waals surface area contributed by atoms with E-state index in [2.05, 4.69) is 81.4 Å². The molecule has 0 rings (SSSR count). The Kier molecular flexibility index (Phi) is 54.8. The number of nitrogens with zero attached hydrogens (tertiary/aromatic N) is 1. The Labute approximate surface area is 704 Å². The lowest BCUT2D eigenvalue weighted by Gasteiger charge is -2.31. The molecule has 0 fully saturated rings. The maximum absolute atomic E-state index is 14.6. The number of aliphatic imine (C=N–C) groups is 1. The van der Waals surface area contributed by atoms with Crippen LogP contribution in [0.1, 0.15) is 164 Å². The number of hydrogen-bond acceptors (Lipinski definition) is 27. The molecule has 0 aliphatic carbocycles. The number of halogens is 3. The first-order chi connectivity index (χ1) is 56.9. The van der Waals surface area contributed by atoms with Crippen LogP contribution >= 0.6 is 12.6 Å². The van der Waals surface area contributed by atoms with Gasteiger partial charge in [-0.1, -0.05) is 60.8 Å². The van der Waals surface area contributed by atoms with Crippen LogP contribution in [0.2, 0.25) is 0 Å². The van der Waals surface area contributed by atoms with Crippen molar-refractivity contribution < 1.29 is 145 Å². The molecule has 15 amide bonds. The molecular weight excluding hydrogens is 1660 g/mol. The third-order valence-corrected chi connectivity index (χ3v) is 18.8. The highest BCUT2D eigenvalue weighted by molar-refractivity contribution is 7.80. The van der Waals surface area contributed by atoms with Crippen molar-refractivity contribution in [2.75, 3.05) is 38.6 Å². The zero-order valence-corrected chi connectivity index (χ0v) is 69.3. The van der Waals surface area contributed by atoms with E-state index in [1.54, 1.807) is 20.8 Å². The highest BCUT2D eigenvalue weighted by Crippen LogP contribution is 2.18. The van der Waals surface area contributed by atoms with Gasteiger partial charge in [0.1, 0.15) is 78.5 Å². The SMILES string of the molecule is CC[C@H](C)[C@H](NC(=O)[C@H](CCCCN)NC(=O)[C@H](CCCN=C(N)N)NC(=O)[C@H](CO)NC(=O)[C@@H](NC(=O)[C@@H](NC(=O)[C@H](CS)NC(=O)C(CC(=O)O)NC(=O)[C@H](CO)NC(=O)[C@@H](N)CC(N)=O)[C@@H](C)CC)[C@@H](C)CC)C(=O)N[C@@H](CCC(=O)O)C(=O)N[C@@H](CCC(N)=O)C(=O)N[C@@H](CCCCN)C(=O)N[C@@H](CCC(=O)O)C(=O)O.O=C(O)C(F)(F)F. The summed E-state index contributed by atoms with van der Waals surface area (Å²) < 4.78 is 31.7. The summed E-state index contributed by atoms with van der Waals surface area (Å²) in [6, 6.07) is -23.7. The number of hydrogen-bond donors (Lipinski definition) is 28. The highest BCUT2D eigenvalue weighted by Gasteiger charge is 2.41. The number of unbranched alkanes of at least 4 members (excludes halogenated alkanes) is 2. The molecule has 17 atom stereocenters. The summed E-state index contributed by atoms with van der Waals surface area (Å²) in [5, 5.41) is 96.6. The van der Waals surface area contributed by atoms with E-state index in [0.29, 0.717) is 6.42 Å². The monoisotopic (exact) mass is 1780 g/mol. The van der Waals surface area contributed by atoms with Crippen molar-refractivity contribution in [3.05, 3.63) is 0 Å². The molecular formula is C70H120F3N21O27S. The topological polar surface area (TPSA) is 834 Å². The van der Waals surface area contributed by atoms with Gasteiger partial charge in [0.25, 0.3) is 0 Å². The van der Waals surface area contributed by atoms with Crippen molar-refractivity contribution >= 4 is 137 Å². The van der Waals surface area contributed by atoms with Crippen LogP contribution < -0.4 is 109 Å². The first-order valence-corrected chi connectivity index (χ1v) is 39.3. The number of aliphatic hydroxyl groups excluding tert-OH is 2. The molecule has 48 nitrogen and oxygen atoms in total. The third kappa shape index (κ3) is 45.3. The van der Waals surface area contributed by atoms with Crippen LogP contribution in [-0.4, -0.2) is 290 Å².